The van der Waals surface area contributed by atoms with Gasteiger partial charge in [-0.25, -0.2) is 4.39 Å². The van der Waals surface area contributed by atoms with Crippen LogP contribution in [0, 0.1) is 5.82 Å². The highest BCUT2D eigenvalue weighted by Gasteiger charge is 2.30. The molecule has 22 heavy (non-hydrogen) atoms. The molecule has 2 aliphatic heterocycles. The zero-order valence-electron chi connectivity index (χ0n) is 12.4. The Morgan fingerprint density at radius 2 is 1.86 bits per heavy atom. The van der Waals surface area contributed by atoms with Gasteiger partial charge in [0.25, 0.3) is 5.91 Å². The van der Waals surface area contributed by atoms with Gasteiger partial charge in [0.1, 0.15) is 5.82 Å². The number of halogens is 1. The number of nitrogens with zero attached hydrogens (tertiary/aromatic N) is 2. The van der Waals surface area contributed by atoms with Crippen molar-refractivity contribution >= 4 is 11.8 Å². The number of carbonyl (C=O) groups is 2. The van der Waals surface area contributed by atoms with Gasteiger partial charge >= 0.3 is 0 Å². The Morgan fingerprint density at radius 1 is 1.14 bits per heavy atom. The molecule has 2 saturated heterocycles. The normalized spacial score (nSPS) is 22.0. The maximum atomic E-state index is 13.2. The topological polar surface area (TPSA) is 52.7 Å². The molecule has 0 radical (unpaired) electrons. The largest absolute Gasteiger partial charge is 0.338 e. The second-order valence-electron chi connectivity index (χ2n) is 5.78. The lowest BCUT2D eigenvalue weighted by Crippen LogP contribution is -2.54. The average molecular weight is 305 g/mol. The predicted octanol–water partition coefficient (Wildman–Crippen LogP) is 0.862. The molecule has 1 unspecified atom stereocenters. The van der Waals surface area contributed by atoms with E-state index in [0.29, 0.717) is 31.7 Å². The van der Waals surface area contributed by atoms with E-state index >= 15 is 0 Å². The summed E-state index contributed by atoms with van der Waals surface area (Å²) in [5, 5.41) is 3.21. The number of amides is 2. The number of nitrogens with one attached hydrogen (secondary N) is 1. The molecule has 1 aromatic rings. The fourth-order valence-corrected chi connectivity index (χ4v) is 3.05. The van der Waals surface area contributed by atoms with Crippen LogP contribution in [0.2, 0.25) is 0 Å². The molecule has 0 spiro atoms. The van der Waals surface area contributed by atoms with Crippen molar-refractivity contribution in [3.8, 4) is 0 Å². The van der Waals surface area contributed by atoms with Crippen LogP contribution < -0.4 is 5.32 Å². The van der Waals surface area contributed by atoms with E-state index in [1.165, 1.54) is 18.2 Å². The van der Waals surface area contributed by atoms with E-state index in [1.54, 1.807) is 11.0 Å². The predicted molar refractivity (Wildman–Crippen MR) is 79.9 cm³/mol. The molecule has 118 valence electrons. The number of benzene rings is 1. The third kappa shape index (κ3) is 3.11. The number of rotatable bonds is 2. The number of carbonyl (C=O) groups excluding carboxylic acids is 2. The third-order valence-electron chi connectivity index (χ3n) is 4.31. The number of hydrogen-bond donors (Lipinski definition) is 1. The molecule has 3 rings (SSSR count). The Kier molecular flexibility index (Phi) is 4.38. The minimum atomic E-state index is -0.410. The van der Waals surface area contributed by atoms with E-state index in [2.05, 4.69) is 5.32 Å². The first kappa shape index (κ1) is 15.0. The number of hydrogen-bond acceptors (Lipinski definition) is 3. The molecule has 0 saturated carbocycles. The molecule has 0 aliphatic carbocycles. The molecule has 1 aromatic carbocycles. The molecule has 2 heterocycles. The Morgan fingerprint density at radius 3 is 2.50 bits per heavy atom. The van der Waals surface area contributed by atoms with Crippen molar-refractivity contribution in [2.24, 2.45) is 0 Å². The van der Waals surface area contributed by atoms with Crippen molar-refractivity contribution in [2.45, 2.75) is 18.9 Å². The second kappa shape index (κ2) is 6.44. The molecule has 5 nitrogen and oxygen atoms in total. The summed E-state index contributed by atoms with van der Waals surface area (Å²) in [6.07, 6.45) is 1.93. The van der Waals surface area contributed by atoms with Crippen LogP contribution in [0.5, 0.6) is 0 Å². The highest BCUT2D eigenvalue weighted by Crippen LogP contribution is 2.13. The maximum Gasteiger partial charge on any atom is 0.254 e. The molecule has 2 amide bonds. The molecule has 0 bridgehead atoms. The van der Waals surface area contributed by atoms with Crippen molar-refractivity contribution in [1.29, 1.82) is 0 Å². The maximum absolute atomic E-state index is 13.2. The van der Waals surface area contributed by atoms with Crippen LogP contribution in [0.25, 0.3) is 0 Å². The summed E-state index contributed by atoms with van der Waals surface area (Å²) in [7, 11) is 0. The third-order valence-corrected chi connectivity index (χ3v) is 4.31. The molecular weight excluding hydrogens is 285 g/mol. The summed E-state index contributed by atoms with van der Waals surface area (Å²) >= 11 is 0. The van der Waals surface area contributed by atoms with Crippen LogP contribution in [0.15, 0.2) is 24.3 Å². The van der Waals surface area contributed by atoms with E-state index in [-0.39, 0.29) is 17.9 Å². The minimum Gasteiger partial charge on any atom is -0.338 e. The van der Waals surface area contributed by atoms with Crippen LogP contribution in [-0.4, -0.2) is 60.4 Å². The lowest BCUT2D eigenvalue weighted by Gasteiger charge is -2.36. The Labute approximate surface area is 129 Å². The lowest BCUT2D eigenvalue weighted by atomic mass is 10.1. The van der Waals surface area contributed by atoms with Gasteiger partial charge in [-0.05, 0) is 37.6 Å². The van der Waals surface area contributed by atoms with Crippen molar-refractivity contribution in [1.82, 2.24) is 15.1 Å². The quantitative estimate of drug-likeness (QED) is 0.882. The van der Waals surface area contributed by atoms with Gasteiger partial charge in [0.15, 0.2) is 0 Å². The van der Waals surface area contributed by atoms with Gasteiger partial charge in [-0.15, -0.1) is 0 Å². The standard InChI is InChI=1S/C16H20FN3O2/c17-13-4-1-3-12(11-13)15(21)19-7-9-20(10-8-19)16(22)14-5-2-6-18-14/h1,3-4,11,14,18H,2,5-10H2. The Balaban J connectivity index is 1.57. The summed E-state index contributed by atoms with van der Waals surface area (Å²) in [4.78, 5) is 28.1. The van der Waals surface area contributed by atoms with Crippen molar-refractivity contribution in [3.63, 3.8) is 0 Å². The molecule has 6 heteroatoms. The highest BCUT2D eigenvalue weighted by atomic mass is 19.1. The van der Waals surface area contributed by atoms with Gasteiger partial charge in [0.05, 0.1) is 6.04 Å². The Bertz CT molecular complexity index is 564. The van der Waals surface area contributed by atoms with E-state index in [1.807, 2.05) is 4.90 Å². The van der Waals surface area contributed by atoms with Gasteiger partial charge in [-0.3, -0.25) is 9.59 Å². The molecule has 2 aliphatic rings. The van der Waals surface area contributed by atoms with Crippen molar-refractivity contribution in [2.75, 3.05) is 32.7 Å². The summed E-state index contributed by atoms with van der Waals surface area (Å²) in [5.41, 5.74) is 0.359. The summed E-state index contributed by atoms with van der Waals surface area (Å²) in [5.74, 6) is -0.451. The van der Waals surface area contributed by atoms with Crippen LogP contribution >= 0.6 is 0 Å². The SMILES string of the molecule is O=C(c1cccc(F)c1)N1CCN(C(=O)C2CCCN2)CC1. The van der Waals surface area contributed by atoms with Crippen LogP contribution in [-0.2, 0) is 4.79 Å². The molecule has 1 atom stereocenters. The van der Waals surface area contributed by atoms with Crippen molar-refractivity contribution in [3.05, 3.63) is 35.6 Å². The van der Waals surface area contributed by atoms with Gasteiger partial charge < -0.3 is 15.1 Å². The van der Waals surface area contributed by atoms with E-state index < -0.39 is 5.82 Å². The van der Waals surface area contributed by atoms with Crippen LogP contribution in [0.4, 0.5) is 4.39 Å². The molecule has 1 N–H and O–H groups in total. The second-order valence-corrected chi connectivity index (χ2v) is 5.78. The van der Waals surface area contributed by atoms with E-state index in [9.17, 15) is 14.0 Å². The molecular formula is C16H20FN3O2. The summed E-state index contributed by atoms with van der Waals surface area (Å²) < 4.78 is 13.2. The summed E-state index contributed by atoms with van der Waals surface area (Å²) in [6, 6.07) is 5.66. The fourth-order valence-electron chi connectivity index (χ4n) is 3.05. The molecule has 2 fully saturated rings. The van der Waals surface area contributed by atoms with Gasteiger partial charge in [0, 0.05) is 31.7 Å². The zero-order valence-corrected chi connectivity index (χ0v) is 12.4. The smallest absolute Gasteiger partial charge is 0.254 e. The first-order chi connectivity index (χ1) is 10.6. The van der Waals surface area contributed by atoms with Gasteiger partial charge in [-0.1, -0.05) is 6.07 Å². The monoisotopic (exact) mass is 305 g/mol. The average Bonchev–Trinajstić information content (AvgIpc) is 3.08. The van der Waals surface area contributed by atoms with Crippen molar-refractivity contribution < 1.29 is 14.0 Å². The Hall–Kier alpha value is -1.95. The van der Waals surface area contributed by atoms with E-state index in [0.717, 1.165) is 19.4 Å². The van der Waals surface area contributed by atoms with E-state index in [4.69, 9.17) is 0 Å². The minimum absolute atomic E-state index is 0.0644. The fraction of sp³-hybridized carbons (Fsp3) is 0.500. The summed E-state index contributed by atoms with van der Waals surface area (Å²) in [6.45, 7) is 2.96. The van der Waals surface area contributed by atoms with Crippen LogP contribution in [0.3, 0.4) is 0 Å². The number of piperazine rings is 1. The van der Waals surface area contributed by atoms with Gasteiger partial charge in [0.2, 0.25) is 5.91 Å². The zero-order chi connectivity index (χ0) is 15.5. The van der Waals surface area contributed by atoms with Gasteiger partial charge in [-0.2, -0.15) is 0 Å². The lowest BCUT2D eigenvalue weighted by molar-refractivity contribution is -0.134. The first-order valence-corrected chi connectivity index (χ1v) is 7.72. The first-order valence-electron chi connectivity index (χ1n) is 7.72. The molecule has 0 aromatic heterocycles. The highest BCUT2D eigenvalue weighted by molar-refractivity contribution is 5.94. The van der Waals surface area contributed by atoms with Crippen LogP contribution in [0.1, 0.15) is 23.2 Å².